The summed E-state index contributed by atoms with van der Waals surface area (Å²) in [6, 6.07) is 17.0. The Morgan fingerprint density at radius 3 is 2.49 bits per heavy atom. The second-order valence-electron chi connectivity index (χ2n) is 10.4. The molecule has 1 aliphatic rings. The van der Waals surface area contributed by atoms with E-state index in [1.807, 2.05) is 38.1 Å². The quantitative estimate of drug-likeness (QED) is 0.174. The molecule has 0 aliphatic carbocycles. The van der Waals surface area contributed by atoms with E-state index < -0.39 is 18.0 Å². The van der Waals surface area contributed by atoms with Crippen molar-refractivity contribution in [3.63, 3.8) is 0 Å². The van der Waals surface area contributed by atoms with Crippen molar-refractivity contribution in [2.75, 3.05) is 26.9 Å². The van der Waals surface area contributed by atoms with Gasteiger partial charge in [-0.2, -0.15) is 0 Å². The van der Waals surface area contributed by atoms with Gasteiger partial charge in [-0.05, 0) is 58.0 Å². The van der Waals surface area contributed by atoms with Crippen LogP contribution in [0.5, 0.6) is 5.75 Å². The van der Waals surface area contributed by atoms with Gasteiger partial charge in [0.15, 0.2) is 4.80 Å². The number of benzene rings is 2. The maximum Gasteiger partial charge on any atom is 0.338 e. The molecule has 0 unspecified atom stereocenters. The number of esters is 2. The zero-order valence-corrected chi connectivity index (χ0v) is 26.5. The molecule has 2 aromatic heterocycles. The summed E-state index contributed by atoms with van der Waals surface area (Å²) in [5.41, 5.74) is 2.20. The number of hydrogen-bond donors (Lipinski definition) is 0. The number of rotatable bonds is 11. The fraction of sp³-hybridized carbons (Fsp3) is 0.294. The van der Waals surface area contributed by atoms with Gasteiger partial charge in [0, 0.05) is 24.3 Å². The Morgan fingerprint density at radius 2 is 1.78 bits per heavy atom. The number of carbonyl (C=O) groups is 2. The van der Waals surface area contributed by atoms with E-state index in [4.69, 9.17) is 23.4 Å². The highest BCUT2D eigenvalue weighted by Gasteiger charge is 2.35. The van der Waals surface area contributed by atoms with E-state index in [-0.39, 0.29) is 30.5 Å². The molecule has 1 aliphatic heterocycles. The first kappa shape index (κ1) is 31.7. The molecule has 0 amide bonds. The highest BCUT2D eigenvalue weighted by atomic mass is 32.1. The number of nitrogens with zero attached hydrogens (tertiary/aromatic N) is 2. The normalized spacial score (nSPS) is 14.7. The first-order valence-electron chi connectivity index (χ1n) is 14.5. The molecular weight excluding hydrogens is 596 g/mol. The largest absolute Gasteiger partial charge is 0.491 e. The molecule has 2 aromatic carbocycles. The Kier molecular flexibility index (Phi) is 9.80. The van der Waals surface area contributed by atoms with Gasteiger partial charge in [0.2, 0.25) is 0 Å². The number of furan rings is 1. The lowest BCUT2D eigenvalue weighted by atomic mass is 9.95. The summed E-state index contributed by atoms with van der Waals surface area (Å²) >= 11 is 1.20. The number of aromatic nitrogens is 1. The van der Waals surface area contributed by atoms with Gasteiger partial charge in [0.05, 0.1) is 40.7 Å². The van der Waals surface area contributed by atoms with E-state index >= 15 is 0 Å². The van der Waals surface area contributed by atoms with Crippen LogP contribution in [-0.4, -0.2) is 49.5 Å². The van der Waals surface area contributed by atoms with E-state index in [0.29, 0.717) is 50.0 Å². The molecule has 0 radical (unpaired) electrons. The van der Waals surface area contributed by atoms with Crippen molar-refractivity contribution < 1.29 is 33.0 Å². The second-order valence-corrected chi connectivity index (χ2v) is 11.4. The van der Waals surface area contributed by atoms with Crippen molar-refractivity contribution >= 4 is 29.4 Å². The number of carbonyl (C=O) groups excluding carboxylic acids is 2. The Morgan fingerprint density at radius 1 is 1.02 bits per heavy atom. The van der Waals surface area contributed by atoms with Crippen LogP contribution < -0.4 is 19.6 Å². The van der Waals surface area contributed by atoms with E-state index in [2.05, 4.69) is 4.99 Å². The molecule has 234 valence electrons. The van der Waals surface area contributed by atoms with Gasteiger partial charge in [-0.3, -0.25) is 9.36 Å². The molecule has 1 atom stereocenters. The monoisotopic (exact) mass is 630 g/mol. The molecular formula is C34H34N2O8S. The van der Waals surface area contributed by atoms with Crippen LogP contribution in [0.15, 0.2) is 86.1 Å². The summed E-state index contributed by atoms with van der Waals surface area (Å²) in [5.74, 6) is 0.599. The van der Waals surface area contributed by atoms with E-state index in [9.17, 15) is 14.4 Å². The molecule has 5 rings (SSSR count). The van der Waals surface area contributed by atoms with Crippen LogP contribution in [0.2, 0.25) is 0 Å². The van der Waals surface area contributed by atoms with Gasteiger partial charge in [0.25, 0.3) is 5.56 Å². The maximum atomic E-state index is 14.1. The number of ether oxygens (including phenoxy) is 4. The van der Waals surface area contributed by atoms with Crippen molar-refractivity contribution in [2.24, 2.45) is 4.99 Å². The van der Waals surface area contributed by atoms with Gasteiger partial charge in [-0.25, -0.2) is 14.6 Å². The summed E-state index contributed by atoms with van der Waals surface area (Å²) < 4.78 is 29.7. The Labute approximate surface area is 263 Å². The zero-order valence-electron chi connectivity index (χ0n) is 25.7. The molecule has 3 heterocycles. The Bertz CT molecular complexity index is 1910. The third-order valence-corrected chi connectivity index (χ3v) is 7.90. The zero-order chi connectivity index (χ0) is 32.1. The fourth-order valence-electron chi connectivity index (χ4n) is 4.94. The van der Waals surface area contributed by atoms with Crippen molar-refractivity contribution in [1.29, 1.82) is 0 Å². The predicted molar refractivity (Wildman–Crippen MR) is 169 cm³/mol. The lowest BCUT2D eigenvalue weighted by Crippen LogP contribution is -2.40. The van der Waals surface area contributed by atoms with Crippen LogP contribution in [0.25, 0.3) is 17.4 Å². The Balaban J connectivity index is 1.56. The molecule has 11 heteroatoms. The van der Waals surface area contributed by atoms with Crippen molar-refractivity contribution in [3.05, 3.63) is 109 Å². The summed E-state index contributed by atoms with van der Waals surface area (Å²) in [7, 11) is 1.52. The lowest BCUT2D eigenvalue weighted by molar-refractivity contribution is -0.140. The van der Waals surface area contributed by atoms with Crippen LogP contribution in [0.1, 0.15) is 55.4 Å². The van der Waals surface area contributed by atoms with Gasteiger partial charge >= 0.3 is 11.9 Å². The summed E-state index contributed by atoms with van der Waals surface area (Å²) in [5, 5.41) is 0. The van der Waals surface area contributed by atoms with Gasteiger partial charge in [0.1, 0.15) is 29.9 Å². The minimum Gasteiger partial charge on any atom is -0.491 e. The molecule has 10 nitrogen and oxygen atoms in total. The van der Waals surface area contributed by atoms with Crippen LogP contribution >= 0.6 is 11.3 Å². The second kappa shape index (κ2) is 13.9. The predicted octanol–water partition coefficient (Wildman–Crippen LogP) is 4.65. The maximum absolute atomic E-state index is 14.1. The van der Waals surface area contributed by atoms with Gasteiger partial charge in [-0.1, -0.05) is 41.7 Å². The third kappa shape index (κ3) is 6.84. The number of methoxy groups -OCH3 is 1. The number of fused-ring (bicyclic) bond motifs is 1. The summed E-state index contributed by atoms with van der Waals surface area (Å²) in [6.07, 6.45) is 1.52. The standard InChI is InChI=1S/C34H34N2O8S/c1-6-41-32(38)23-13-11-22(12-14-23)26-16-15-24(44-26)19-28-31(37)36-30(25-9-7-8-10-27(25)43-20(2)3)29(21(4)35-34(36)45-28)33(39)42-18-17-40-5/h7-16,19-20,30H,6,17-18H2,1-5H3/b28-19+/t30-/m0/s1. The van der Waals surface area contributed by atoms with E-state index in [0.717, 1.165) is 5.56 Å². The molecule has 0 saturated heterocycles. The van der Waals surface area contributed by atoms with Crippen molar-refractivity contribution in [1.82, 2.24) is 4.57 Å². The topological polar surface area (TPSA) is 119 Å². The smallest absolute Gasteiger partial charge is 0.338 e. The average Bonchev–Trinajstić information content (AvgIpc) is 3.61. The van der Waals surface area contributed by atoms with Crippen LogP contribution in [0.3, 0.4) is 0 Å². The molecule has 45 heavy (non-hydrogen) atoms. The Hall–Kier alpha value is -4.74. The van der Waals surface area contributed by atoms with Crippen molar-refractivity contribution in [3.8, 4) is 17.1 Å². The molecule has 4 aromatic rings. The minimum absolute atomic E-state index is 0.0553. The average molecular weight is 631 g/mol. The number of thiazole rings is 1. The number of para-hydroxylation sites is 1. The van der Waals surface area contributed by atoms with Crippen LogP contribution in [0, 0.1) is 0 Å². The van der Waals surface area contributed by atoms with E-state index in [1.54, 1.807) is 56.3 Å². The molecule has 0 spiro atoms. The molecule has 0 N–H and O–H groups in total. The van der Waals surface area contributed by atoms with Gasteiger partial charge in [-0.15, -0.1) is 0 Å². The molecule has 0 bridgehead atoms. The first-order valence-corrected chi connectivity index (χ1v) is 15.3. The molecule has 0 fully saturated rings. The fourth-order valence-corrected chi connectivity index (χ4v) is 5.97. The van der Waals surface area contributed by atoms with Crippen LogP contribution in [-0.2, 0) is 19.0 Å². The number of allylic oxidation sites excluding steroid dienone is 1. The van der Waals surface area contributed by atoms with Crippen molar-refractivity contribution in [2.45, 2.75) is 39.8 Å². The lowest BCUT2D eigenvalue weighted by Gasteiger charge is -2.27. The van der Waals surface area contributed by atoms with Crippen LogP contribution in [0.4, 0.5) is 0 Å². The highest BCUT2D eigenvalue weighted by Crippen LogP contribution is 2.36. The minimum atomic E-state index is -0.835. The number of hydrogen-bond acceptors (Lipinski definition) is 10. The molecule has 0 saturated carbocycles. The summed E-state index contributed by atoms with van der Waals surface area (Å²) in [4.78, 5) is 44.6. The SMILES string of the molecule is CCOC(=O)c1ccc(-c2ccc(/C=c3/sc4n(c3=O)[C@@H](c3ccccc3OC(C)C)C(C(=O)OCCOC)=C(C)N=4)o2)cc1. The third-order valence-electron chi connectivity index (χ3n) is 6.92. The summed E-state index contributed by atoms with van der Waals surface area (Å²) in [6.45, 7) is 7.90. The van der Waals surface area contributed by atoms with E-state index in [1.165, 1.54) is 23.0 Å². The first-order chi connectivity index (χ1) is 21.7. The highest BCUT2D eigenvalue weighted by molar-refractivity contribution is 7.07. The van der Waals surface area contributed by atoms with Gasteiger partial charge < -0.3 is 23.4 Å².